The topological polar surface area (TPSA) is 29.5 Å². The first-order chi connectivity index (χ1) is 8.65. The van der Waals surface area contributed by atoms with Crippen LogP contribution in [0, 0.1) is 0 Å². The van der Waals surface area contributed by atoms with E-state index in [0.717, 1.165) is 25.1 Å². The van der Waals surface area contributed by atoms with Crippen LogP contribution in [0.1, 0.15) is 29.1 Å². The highest BCUT2D eigenvalue weighted by atomic mass is 79.9. The zero-order chi connectivity index (χ0) is 12.7. The molecule has 2 unspecified atom stereocenters. The maximum atomic E-state index is 10.2. The van der Waals surface area contributed by atoms with Crippen LogP contribution in [-0.4, -0.2) is 5.11 Å². The summed E-state index contributed by atoms with van der Waals surface area (Å²) in [6, 6.07) is 7.75. The van der Waals surface area contributed by atoms with Crippen molar-refractivity contribution in [2.24, 2.45) is 0 Å². The number of fused-ring (bicyclic) bond motifs is 1. The average molecular weight is 390 g/mol. The van der Waals surface area contributed by atoms with Crippen LogP contribution in [0.2, 0.25) is 0 Å². The normalized spacial score (nSPS) is 22.4. The molecule has 0 fully saturated rings. The molecule has 1 aliphatic rings. The number of hydrogen-bond acceptors (Lipinski definition) is 3. The van der Waals surface area contributed by atoms with Crippen LogP contribution in [-0.2, 0) is 0 Å². The zero-order valence-corrected chi connectivity index (χ0v) is 13.3. The molecule has 2 heterocycles. The second-order valence-electron chi connectivity index (χ2n) is 4.17. The number of hydrogen-bond donors (Lipinski definition) is 1. The molecule has 0 amide bonds. The van der Waals surface area contributed by atoms with Crippen LogP contribution in [0.25, 0.3) is 0 Å². The molecule has 94 valence electrons. The summed E-state index contributed by atoms with van der Waals surface area (Å²) in [7, 11) is 0. The summed E-state index contributed by atoms with van der Waals surface area (Å²) in [4.78, 5) is 1.12. The summed E-state index contributed by atoms with van der Waals surface area (Å²) >= 11 is 8.58. The highest BCUT2D eigenvalue weighted by molar-refractivity contribution is 9.10. The maximum absolute atomic E-state index is 10.2. The molecule has 3 rings (SSSR count). The molecule has 18 heavy (non-hydrogen) atoms. The number of rotatable bonds is 1. The van der Waals surface area contributed by atoms with E-state index in [1.165, 1.54) is 0 Å². The largest absolute Gasteiger partial charge is 0.484 e. The van der Waals surface area contributed by atoms with Crippen molar-refractivity contribution < 1.29 is 9.84 Å². The summed E-state index contributed by atoms with van der Waals surface area (Å²) in [6.45, 7) is 0. The minimum absolute atomic E-state index is 0.0869. The van der Waals surface area contributed by atoms with Gasteiger partial charge in [-0.2, -0.15) is 0 Å². The van der Waals surface area contributed by atoms with Crippen LogP contribution in [0.3, 0.4) is 0 Å². The zero-order valence-electron chi connectivity index (χ0n) is 9.27. The summed E-state index contributed by atoms with van der Waals surface area (Å²) in [5, 5.41) is 12.2. The molecule has 2 aromatic rings. The van der Waals surface area contributed by atoms with Crippen LogP contribution < -0.4 is 4.74 Å². The van der Waals surface area contributed by atoms with Gasteiger partial charge in [0.25, 0.3) is 0 Å². The van der Waals surface area contributed by atoms with Crippen molar-refractivity contribution in [1.82, 2.24) is 0 Å². The molecule has 2 nitrogen and oxygen atoms in total. The first kappa shape index (κ1) is 12.7. The minimum Gasteiger partial charge on any atom is -0.484 e. The molecule has 1 aliphatic heterocycles. The van der Waals surface area contributed by atoms with Crippen molar-refractivity contribution >= 4 is 43.2 Å². The Bertz CT molecular complexity index is 582. The molecule has 0 aliphatic carbocycles. The minimum atomic E-state index is -0.471. The van der Waals surface area contributed by atoms with Gasteiger partial charge >= 0.3 is 0 Å². The fourth-order valence-electron chi connectivity index (χ4n) is 2.11. The molecule has 2 atom stereocenters. The Morgan fingerprint density at radius 2 is 2.11 bits per heavy atom. The van der Waals surface area contributed by atoms with Gasteiger partial charge in [0.15, 0.2) is 0 Å². The number of halogens is 2. The van der Waals surface area contributed by atoms with E-state index < -0.39 is 6.10 Å². The van der Waals surface area contributed by atoms with Gasteiger partial charge < -0.3 is 9.84 Å². The van der Waals surface area contributed by atoms with Gasteiger partial charge in [-0.25, -0.2) is 0 Å². The van der Waals surface area contributed by atoms with E-state index in [4.69, 9.17) is 4.74 Å². The number of aliphatic hydroxyl groups is 1. The molecule has 0 bridgehead atoms. The third-order valence-corrected chi connectivity index (χ3v) is 5.43. The third kappa shape index (κ3) is 2.25. The lowest BCUT2D eigenvalue weighted by molar-refractivity contribution is 0.0671. The van der Waals surface area contributed by atoms with Gasteiger partial charge in [0.2, 0.25) is 0 Å². The molecule has 0 radical (unpaired) electrons. The van der Waals surface area contributed by atoms with E-state index in [9.17, 15) is 5.11 Å². The van der Waals surface area contributed by atoms with Crippen LogP contribution in [0.4, 0.5) is 0 Å². The van der Waals surface area contributed by atoms with Gasteiger partial charge in [0.1, 0.15) is 11.9 Å². The van der Waals surface area contributed by atoms with Crippen LogP contribution in [0.15, 0.2) is 38.6 Å². The van der Waals surface area contributed by atoms with Crippen molar-refractivity contribution in [3.8, 4) is 5.75 Å². The summed E-state index contributed by atoms with van der Waals surface area (Å²) in [5.74, 6) is 0.758. The molecule has 0 saturated carbocycles. The molecule has 0 spiro atoms. The van der Waals surface area contributed by atoms with Gasteiger partial charge in [0, 0.05) is 20.9 Å². The first-order valence-corrected chi connectivity index (χ1v) is 7.99. The fraction of sp³-hybridized carbons (Fsp3) is 0.231. The van der Waals surface area contributed by atoms with Gasteiger partial charge in [-0.15, -0.1) is 11.3 Å². The van der Waals surface area contributed by atoms with Crippen molar-refractivity contribution in [2.45, 2.75) is 18.6 Å². The average Bonchev–Trinajstić information content (AvgIpc) is 2.74. The summed E-state index contributed by atoms with van der Waals surface area (Å²) < 4.78 is 8.00. The van der Waals surface area contributed by atoms with Crippen molar-refractivity contribution in [3.63, 3.8) is 0 Å². The van der Waals surface area contributed by atoms with E-state index in [-0.39, 0.29) is 6.10 Å². The van der Waals surface area contributed by atoms with E-state index >= 15 is 0 Å². The highest BCUT2D eigenvalue weighted by Gasteiger charge is 2.29. The van der Waals surface area contributed by atoms with Crippen LogP contribution >= 0.6 is 43.2 Å². The Kier molecular flexibility index (Phi) is 3.49. The Morgan fingerprint density at radius 3 is 2.83 bits per heavy atom. The van der Waals surface area contributed by atoms with E-state index in [1.807, 2.05) is 29.6 Å². The number of benzene rings is 1. The lowest BCUT2D eigenvalue weighted by Gasteiger charge is -2.29. The number of aliphatic hydroxyl groups excluding tert-OH is 1. The van der Waals surface area contributed by atoms with Crippen molar-refractivity contribution in [3.05, 3.63) is 49.0 Å². The molecule has 1 N–H and O–H groups in total. The lowest BCUT2D eigenvalue weighted by atomic mass is 9.98. The Balaban J connectivity index is 1.98. The molecule has 0 saturated heterocycles. The SMILES string of the molecule is OC1CC(c2sccc2Br)Oc2cc(Br)ccc21. The van der Waals surface area contributed by atoms with Crippen LogP contribution in [0.5, 0.6) is 5.75 Å². The van der Waals surface area contributed by atoms with Crippen molar-refractivity contribution in [2.75, 3.05) is 0 Å². The quantitative estimate of drug-likeness (QED) is 0.756. The number of thiophene rings is 1. The standard InChI is InChI=1S/C13H10Br2O2S/c14-7-1-2-8-10(16)6-12(17-11(8)5-7)13-9(15)3-4-18-13/h1-5,10,12,16H,6H2. The van der Waals surface area contributed by atoms with E-state index in [1.54, 1.807) is 11.3 Å². The Labute approximate surface area is 126 Å². The molecule has 5 heteroatoms. The number of ether oxygens (including phenoxy) is 1. The monoisotopic (exact) mass is 388 g/mol. The molecular weight excluding hydrogens is 380 g/mol. The van der Waals surface area contributed by atoms with Crippen molar-refractivity contribution in [1.29, 1.82) is 0 Å². The molecular formula is C13H10Br2O2S. The maximum Gasteiger partial charge on any atom is 0.137 e. The van der Waals surface area contributed by atoms with E-state index in [0.29, 0.717) is 6.42 Å². The van der Waals surface area contributed by atoms with E-state index in [2.05, 4.69) is 31.9 Å². The van der Waals surface area contributed by atoms with Gasteiger partial charge in [-0.1, -0.05) is 22.0 Å². The summed E-state index contributed by atoms with van der Waals surface area (Å²) in [5.41, 5.74) is 0.863. The first-order valence-electron chi connectivity index (χ1n) is 5.52. The second kappa shape index (κ2) is 4.96. The highest BCUT2D eigenvalue weighted by Crippen LogP contribution is 2.44. The predicted molar refractivity (Wildman–Crippen MR) is 79.1 cm³/mol. The van der Waals surface area contributed by atoms with Gasteiger partial charge in [-0.3, -0.25) is 0 Å². The fourth-order valence-corrected chi connectivity index (χ4v) is 4.12. The lowest BCUT2D eigenvalue weighted by Crippen LogP contribution is -2.18. The Hall–Kier alpha value is -0.360. The second-order valence-corrected chi connectivity index (χ2v) is 6.89. The predicted octanol–water partition coefficient (Wildman–Crippen LogP) is 4.83. The Morgan fingerprint density at radius 1 is 1.28 bits per heavy atom. The summed E-state index contributed by atoms with van der Waals surface area (Å²) in [6.07, 6.45) is 0.0327. The third-order valence-electron chi connectivity index (χ3n) is 2.98. The molecule has 1 aromatic heterocycles. The molecule has 1 aromatic carbocycles. The van der Waals surface area contributed by atoms with Gasteiger partial charge in [0.05, 0.1) is 11.0 Å². The smallest absolute Gasteiger partial charge is 0.137 e. The van der Waals surface area contributed by atoms with Gasteiger partial charge in [-0.05, 0) is 39.5 Å².